The first-order valence-electron chi connectivity index (χ1n) is 10.8. The molecular weight excluding hydrogens is 408 g/mol. The number of hydrogen-bond acceptors (Lipinski definition) is 8. The molecule has 1 aliphatic rings. The van der Waals surface area contributed by atoms with E-state index in [-0.39, 0.29) is 12.1 Å². The van der Waals surface area contributed by atoms with Gasteiger partial charge in [-0.1, -0.05) is 5.11 Å². The Kier molecular flexibility index (Phi) is 15.0. The van der Waals surface area contributed by atoms with Gasteiger partial charge in [0.1, 0.15) is 5.60 Å². The number of alkyl carbamates (subject to hydrolysis) is 1. The predicted octanol–water partition coefficient (Wildman–Crippen LogP) is 2.68. The van der Waals surface area contributed by atoms with Gasteiger partial charge in [-0.05, 0) is 45.1 Å². The molecule has 1 rings (SSSR count). The van der Waals surface area contributed by atoms with Gasteiger partial charge in [0.2, 0.25) is 0 Å². The minimum atomic E-state index is -0.471. The molecule has 0 heterocycles. The molecule has 0 radical (unpaired) electrons. The fraction of sp³-hybridized carbons (Fsp3) is 0.950. The highest BCUT2D eigenvalue weighted by Gasteiger charge is 2.31. The molecule has 0 unspecified atom stereocenters. The molecule has 1 N–H and O–H groups in total. The number of amides is 1. The van der Waals surface area contributed by atoms with Gasteiger partial charge in [0, 0.05) is 24.1 Å². The Hall–Kier alpha value is -1.62. The van der Waals surface area contributed by atoms with Gasteiger partial charge < -0.3 is 33.7 Å². The Labute approximate surface area is 184 Å². The maximum absolute atomic E-state index is 11.7. The summed E-state index contributed by atoms with van der Waals surface area (Å²) < 4.78 is 32.3. The zero-order chi connectivity index (χ0) is 22.8. The number of hydrogen-bond donors (Lipinski definition) is 1. The van der Waals surface area contributed by atoms with Crippen LogP contribution in [0.15, 0.2) is 5.11 Å². The second-order valence-electron chi connectivity index (χ2n) is 8.16. The second kappa shape index (κ2) is 17.0. The number of azide groups is 1. The summed E-state index contributed by atoms with van der Waals surface area (Å²) in [6.07, 6.45) is 1.47. The first-order valence-corrected chi connectivity index (χ1v) is 10.8. The van der Waals surface area contributed by atoms with Crippen molar-refractivity contribution in [3.05, 3.63) is 10.4 Å². The van der Waals surface area contributed by atoms with Crippen molar-refractivity contribution in [3.63, 3.8) is 0 Å². The van der Waals surface area contributed by atoms with Gasteiger partial charge in [-0.25, -0.2) is 4.79 Å². The number of nitrogens with one attached hydrogen (secondary N) is 1. The molecule has 180 valence electrons. The highest BCUT2D eigenvalue weighted by Crippen LogP contribution is 2.27. The zero-order valence-electron chi connectivity index (χ0n) is 19.0. The van der Waals surface area contributed by atoms with E-state index in [9.17, 15) is 4.79 Å². The Morgan fingerprint density at radius 2 is 1.39 bits per heavy atom. The molecule has 11 heteroatoms. The van der Waals surface area contributed by atoms with Crippen LogP contribution < -0.4 is 5.32 Å². The molecule has 0 aromatic rings. The summed E-state index contributed by atoms with van der Waals surface area (Å²) in [5.41, 5.74) is 7.63. The Bertz CT molecular complexity index is 518. The average molecular weight is 447 g/mol. The summed E-state index contributed by atoms with van der Waals surface area (Å²) in [4.78, 5) is 14.3. The van der Waals surface area contributed by atoms with Crippen molar-refractivity contribution in [1.82, 2.24) is 5.32 Å². The molecule has 0 atom stereocenters. The van der Waals surface area contributed by atoms with Gasteiger partial charge in [0.25, 0.3) is 0 Å². The zero-order valence-corrected chi connectivity index (χ0v) is 19.0. The summed E-state index contributed by atoms with van der Waals surface area (Å²) in [5, 5.41) is 6.24. The van der Waals surface area contributed by atoms with Crippen molar-refractivity contribution in [3.8, 4) is 0 Å². The molecular formula is C20H38N4O7. The molecule has 0 aromatic carbocycles. The summed E-state index contributed by atoms with van der Waals surface area (Å²) in [7, 11) is 0. The van der Waals surface area contributed by atoms with E-state index in [1.165, 1.54) is 0 Å². The first kappa shape index (κ1) is 27.4. The summed E-state index contributed by atoms with van der Waals surface area (Å²) in [6.45, 7) is 11.0. The fourth-order valence-corrected chi connectivity index (χ4v) is 2.74. The van der Waals surface area contributed by atoms with Gasteiger partial charge in [-0.3, -0.25) is 0 Å². The minimum absolute atomic E-state index is 0.178. The van der Waals surface area contributed by atoms with E-state index in [1.807, 2.05) is 20.8 Å². The molecule has 0 aliphatic heterocycles. The van der Waals surface area contributed by atoms with E-state index < -0.39 is 5.60 Å². The Morgan fingerprint density at radius 3 is 1.87 bits per heavy atom. The molecule has 1 aliphatic carbocycles. The van der Waals surface area contributed by atoms with E-state index >= 15 is 0 Å². The predicted molar refractivity (Wildman–Crippen MR) is 114 cm³/mol. The molecule has 0 saturated heterocycles. The molecule has 0 aromatic heterocycles. The normalized spacial score (nSPS) is 18.2. The molecule has 1 saturated carbocycles. The minimum Gasteiger partial charge on any atom is -0.444 e. The van der Waals surface area contributed by atoms with Crippen molar-refractivity contribution in [2.45, 2.75) is 45.3 Å². The van der Waals surface area contributed by atoms with Crippen LogP contribution in [0.3, 0.4) is 0 Å². The highest BCUT2D eigenvalue weighted by molar-refractivity contribution is 5.68. The van der Waals surface area contributed by atoms with Crippen LogP contribution in [-0.4, -0.2) is 90.3 Å². The van der Waals surface area contributed by atoms with Crippen LogP contribution in [0.1, 0.15) is 33.6 Å². The van der Waals surface area contributed by atoms with E-state index in [2.05, 4.69) is 15.3 Å². The molecule has 0 bridgehead atoms. The molecule has 31 heavy (non-hydrogen) atoms. The van der Waals surface area contributed by atoms with Gasteiger partial charge in [0.05, 0.1) is 59.5 Å². The highest BCUT2D eigenvalue weighted by atomic mass is 16.6. The summed E-state index contributed by atoms with van der Waals surface area (Å²) in [5.74, 6) is 0.472. The number of ether oxygens (including phenoxy) is 6. The van der Waals surface area contributed by atoms with Crippen LogP contribution in [0.25, 0.3) is 10.4 Å². The van der Waals surface area contributed by atoms with Crippen LogP contribution in [0.4, 0.5) is 4.79 Å². The van der Waals surface area contributed by atoms with Gasteiger partial charge in [0.15, 0.2) is 0 Å². The van der Waals surface area contributed by atoms with Crippen LogP contribution in [0.5, 0.6) is 0 Å². The van der Waals surface area contributed by atoms with Gasteiger partial charge >= 0.3 is 6.09 Å². The number of nitrogens with zero attached hydrogens (tertiary/aromatic N) is 3. The Morgan fingerprint density at radius 1 is 0.903 bits per heavy atom. The third-order valence-corrected chi connectivity index (χ3v) is 4.20. The van der Waals surface area contributed by atoms with E-state index in [0.717, 1.165) is 12.8 Å². The van der Waals surface area contributed by atoms with Crippen molar-refractivity contribution in [2.75, 3.05) is 72.6 Å². The summed E-state index contributed by atoms with van der Waals surface area (Å²) >= 11 is 0. The SMILES string of the molecule is CC(C)(C)OC(=O)NC1CC(COCCOCCOCCOCCOCCN=[N+]=[N-])C1. The monoisotopic (exact) mass is 446 g/mol. The van der Waals surface area contributed by atoms with E-state index in [4.69, 9.17) is 34.0 Å². The second-order valence-corrected chi connectivity index (χ2v) is 8.16. The quantitative estimate of drug-likeness (QED) is 0.148. The van der Waals surface area contributed by atoms with Gasteiger partial charge in [-0.15, -0.1) is 0 Å². The lowest BCUT2D eigenvalue weighted by atomic mass is 9.81. The third kappa shape index (κ3) is 16.7. The molecule has 1 amide bonds. The number of rotatable bonds is 18. The van der Waals surface area contributed by atoms with Crippen LogP contribution in [-0.2, 0) is 28.4 Å². The smallest absolute Gasteiger partial charge is 0.407 e. The maximum Gasteiger partial charge on any atom is 0.407 e. The third-order valence-electron chi connectivity index (χ3n) is 4.20. The van der Waals surface area contributed by atoms with Crippen molar-refractivity contribution >= 4 is 6.09 Å². The lowest BCUT2D eigenvalue weighted by Gasteiger charge is -2.35. The topological polar surface area (TPSA) is 133 Å². The Balaban J connectivity index is 1.75. The van der Waals surface area contributed by atoms with Gasteiger partial charge in [-0.2, -0.15) is 0 Å². The molecule has 1 fully saturated rings. The fourth-order valence-electron chi connectivity index (χ4n) is 2.74. The lowest BCUT2D eigenvalue weighted by Crippen LogP contribution is -2.47. The average Bonchev–Trinajstić information content (AvgIpc) is 2.66. The van der Waals surface area contributed by atoms with Crippen LogP contribution in [0, 0.1) is 5.92 Å². The van der Waals surface area contributed by atoms with E-state index in [0.29, 0.717) is 78.5 Å². The van der Waals surface area contributed by atoms with Crippen LogP contribution >= 0.6 is 0 Å². The standard InChI is InChI=1S/C20H38N4O7/c1-20(2,3)31-19(25)23-18-14-17(15-18)16-30-13-12-29-11-10-28-9-8-27-7-6-26-5-4-22-24-21/h17-18H,4-16H2,1-3H3,(H,23,25). The first-order chi connectivity index (χ1) is 14.9. The lowest BCUT2D eigenvalue weighted by molar-refractivity contribution is -0.0182. The molecule has 11 nitrogen and oxygen atoms in total. The summed E-state index contributed by atoms with van der Waals surface area (Å²) in [6, 6.07) is 0.178. The molecule has 0 spiro atoms. The van der Waals surface area contributed by atoms with Crippen molar-refractivity contribution in [2.24, 2.45) is 11.0 Å². The largest absolute Gasteiger partial charge is 0.444 e. The maximum atomic E-state index is 11.7. The number of carbonyl (C=O) groups is 1. The number of carbonyl (C=O) groups excluding carboxylic acids is 1. The van der Waals surface area contributed by atoms with Crippen molar-refractivity contribution in [1.29, 1.82) is 0 Å². The van der Waals surface area contributed by atoms with E-state index in [1.54, 1.807) is 0 Å². The van der Waals surface area contributed by atoms with Crippen molar-refractivity contribution < 1.29 is 33.2 Å². The van der Waals surface area contributed by atoms with Crippen LogP contribution in [0.2, 0.25) is 0 Å².